The van der Waals surface area contributed by atoms with Crippen molar-refractivity contribution >= 4 is 23.5 Å². The third kappa shape index (κ3) is 4.81. The largest absolute Gasteiger partial charge is 0.481 e. The fourth-order valence-electron chi connectivity index (χ4n) is 1.91. The summed E-state index contributed by atoms with van der Waals surface area (Å²) in [5, 5.41) is 8.94. The van der Waals surface area contributed by atoms with Gasteiger partial charge in [-0.25, -0.2) is 4.98 Å². The minimum atomic E-state index is -0.857. The predicted molar refractivity (Wildman–Crippen MR) is 77.0 cm³/mol. The van der Waals surface area contributed by atoms with Crippen LogP contribution in [0.5, 0.6) is 0 Å². The van der Waals surface area contributed by atoms with Crippen LogP contribution in [0, 0.1) is 6.92 Å². The molecular weight excluding hydrogens is 280 g/mol. The minimum Gasteiger partial charge on any atom is -0.481 e. The number of aryl methyl sites for hydroxylation is 1. The summed E-state index contributed by atoms with van der Waals surface area (Å²) in [6.45, 7) is 5.97. The molecule has 0 radical (unpaired) electrons. The second-order valence-corrected chi connectivity index (χ2v) is 5.30. The van der Waals surface area contributed by atoms with Crippen molar-refractivity contribution in [2.45, 2.75) is 39.7 Å². The van der Waals surface area contributed by atoms with Gasteiger partial charge in [-0.05, 0) is 39.3 Å². The molecule has 1 rings (SSSR count). The lowest BCUT2D eigenvalue weighted by atomic mass is 10.1. The topological polar surface area (TPSA) is 70.5 Å². The van der Waals surface area contributed by atoms with Crippen LogP contribution in [0.4, 0.5) is 0 Å². The molecule has 0 spiro atoms. The Morgan fingerprint density at radius 2 is 2.05 bits per heavy atom. The highest BCUT2D eigenvalue weighted by Gasteiger charge is 2.19. The van der Waals surface area contributed by atoms with E-state index < -0.39 is 5.97 Å². The summed E-state index contributed by atoms with van der Waals surface area (Å²) < 4.78 is 0. The SMILES string of the molecule is Cc1cc(C(=O)N(CCCC(=O)O)C(C)C)cc(Cl)n1. The number of pyridine rings is 1. The van der Waals surface area contributed by atoms with Gasteiger partial charge in [0, 0.05) is 30.3 Å². The van der Waals surface area contributed by atoms with Crippen LogP contribution in [0.3, 0.4) is 0 Å². The van der Waals surface area contributed by atoms with E-state index in [1.54, 1.807) is 17.9 Å². The van der Waals surface area contributed by atoms with Gasteiger partial charge in [-0.2, -0.15) is 0 Å². The maximum absolute atomic E-state index is 12.5. The fraction of sp³-hybridized carbons (Fsp3) is 0.500. The molecule has 6 heteroatoms. The van der Waals surface area contributed by atoms with Gasteiger partial charge in [0.1, 0.15) is 5.15 Å². The van der Waals surface area contributed by atoms with Crippen LogP contribution in [0.25, 0.3) is 0 Å². The van der Waals surface area contributed by atoms with Crippen molar-refractivity contribution in [2.24, 2.45) is 0 Å². The Kier molecular flexibility index (Phi) is 5.95. The number of nitrogens with zero attached hydrogens (tertiary/aromatic N) is 2. The second-order valence-electron chi connectivity index (χ2n) is 4.91. The van der Waals surface area contributed by atoms with Crippen molar-refractivity contribution in [2.75, 3.05) is 6.54 Å². The van der Waals surface area contributed by atoms with E-state index in [2.05, 4.69) is 4.98 Å². The number of carboxylic acid groups (broad SMARTS) is 1. The van der Waals surface area contributed by atoms with Crippen LogP contribution in [-0.4, -0.2) is 39.5 Å². The lowest BCUT2D eigenvalue weighted by Crippen LogP contribution is -2.38. The quantitative estimate of drug-likeness (QED) is 0.820. The molecule has 1 N–H and O–H groups in total. The first-order valence-electron chi connectivity index (χ1n) is 6.48. The van der Waals surface area contributed by atoms with E-state index in [0.29, 0.717) is 24.2 Å². The van der Waals surface area contributed by atoms with Crippen molar-refractivity contribution in [1.29, 1.82) is 0 Å². The summed E-state index contributed by atoms with van der Waals surface area (Å²) in [4.78, 5) is 28.7. The zero-order valence-electron chi connectivity index (χ0n) is 11.9. The van der Waals surface area contributed by atoms with Gasteiger partial charge in [0.25, 0.3) is 5.91 Å². The Hall–Kier alpha value is -1.62. The summed E-state index contributed by atoms with van der Waals surface area (Å²) in [7, 11) is 0. The standard InChI is InChI=1S/C14H19ClN2O3/c1-9(2)17(6-4-5-13(18)19)14(20)11-7-10(3)16-12(15)8-11/h7-9H,4-6H2,1-3H3,(H,18,19). The Labute approximate surface area is 123 Å². The van der Waals surface area contributed by atoms with E-state index in [0.717, 1.165) is 0 Å². The van der Waals surface area contributed by atoms with Crippen LogP contribution < -0.4 is 0 Å². The van der Waals surface area contributed by atoms with Gasteiger partial charge in [0.2, 0.25) is 0 Å². The molecule has 0 saturated carbocycles. The molecule has 5 nitrogen and oxygen atoms in total. The van der Waals surface area contributed by atoms with Gasteiger partial charge < -0.3 is 10.0 Å². The number of carbonyl (C=O) groups is 2. The number of aromatic nitrogens is 1. The van der Waals surface area contributed by atoms with Crippen LogP contribution >= 0.6 is 11.6 Å². The molecule has 0 atom stereocenters. The van der Waals surface area contributed by atoms with Gasteiger partial charge in [-0.1, -0.05) is 11.6 Å². The van der Waals surface area contributed by atoms with Gasteiger partial charge in [-0.15, -0.1) is 0 Å². The van der Waals surface area contributed by atoms with Crippen LogP contribution in [0.2, 0.25) is 5.15 Å². The van der Waals surface area contributed by atoms with E-state index in [1.807, 2.05) is 13.8 Å². The van der Waals surface area contributed by atoms with Crippen molar-refractivity contribution in [3.63, 3.8) is 0 Å². The maximum atomic E-state index is 12.5. The molecule has 0 bridgehead atoms. The van der Waals surface area contributed by atoms with Gasteiger partial charge in [-0.3, -0.25) is 9.59 Å². The van der Waals surface area contributed by atoms with Crippen LogP contribution in [0.1, 0.15) is 42.7 Å². The van der Waals surface area contributed by atoms with Crippen molar-refractivity contribution in [3.05, 3.63) is 28.5 Å². The molecule has 0 saturated heterocycles. The Morgan fingerprint density at radius 1 is 1.40 bits per heavy atom. The Balaban J connectivity index is 2.85. The molecule has 0 fully saturated rings. The highest BCUT2D eigenvalue weighted by Crippen LogP contribution is 2.15. The normalized spacial score (nSPS) is 10.7. The number of carboxylic acids is 1. The van der Waals surface area contributed by atoms with Crippen molar-refractivity contribution in [1.82, 2.24) is 9.88 Å². The fourth-order valence-corrected chi connectivity index (χ4v) is 2.16. The van der Waals surface area contributed by atoms with E-state index in [4.69, 9.17) is 16.7 Å². The highest BCUT2D eigenvalue weighted by atomic mass is 35.5. The monoisotopic (exact) mass is 298 g/mol. The summed E-state index contributed by atoms with van der Waals surface area (Å²) in [5.41, 5.74) is 1.15. The summed E-state index contributed by atoms with van der Waals surface area (Å²) in [6, 6.07) is 3.20. The summed E-state index contributed by atoms with van der Waals surface area (Å²) in [5.74, 6) is -1.01. The summed E-state index contributed by atoms with van der Waals surface area (Å²) in [6.07, 6.45) is 0.476. The van der Waals surface area contributed by atoms with Gasteiger partial charge >= 0.3 is 5.97 Å². The van der Waals surface area contributed by atoms with E-state index in [-0.39, 0.29) is 23.5 Å². The smallest absolute Gasteiger partial charge is 0.303 e. The molecule has 0 aliphatic rings. The molecule has 0 aliphatic carbocycles. The first-order valence-corrected chi connectivity index (χ1v) is 6.86. The second kappa shape index (κ2) is 7.24. The van der Waals surface area contributed by atoms with Gasteiger partial charge in [0.05, 0.1) is 0 Å². The van der Waals surface area contributed by atoms with Crippen LogP contribution in [0.15, 0.2) is 12.1 Å². The van der Waals surface area contributed by atoms with Crippen molar-refractivity contribution < 1.29 is 14.7 Å². The van der Waals surface area contributed by atoms with Gasteiger partial charge in [0.15, 0.2) is 0 Å². The highest BCUT2D eigenvalue weighted by molar-refractivity contribution is 6.29. The number of hydrogen-bond acceptors (Lipinski definition) is 3. The van der Waals surface area contributed by atoms with Crippen LogP contribution in [-0.2, 0) is 4.79 Å². The number of carbonyl (C=O) groups excluding carboxylic acids is 1. The molecule has 0 aliphatic heterocycles. The molecule has 1 amide bonds. The summed E-state index contributed by atoms with van der Waals surface area (Å²) >= 11 is 5.86. The molecule has 110 valence electrons. The third-order valence-corrected chi connectivity index (χ3v) is 3.04. The molecule has 0 unspecified atom stereocenters. The molecular formula is C14H19ClN2O3. The number of aliphatic carboxylic acids is 1. The van der Waals surface area contributed by atoms with E-state index >= 15 is 0 Å². The number of rotatable bonds is 6. The zero-order chi connectivity index (χ0) is 15.3. The minimum absolute atomic E-state index is 0.0106. The molecule has 1 aromatic rings. The first-order chi connectivity index (χ1) is 9.31. The average molecular weight is 299 g/mol. The Bertz CT molecular complexity index is 483. The molecule has 1 heterocycles. The zero-order valence-corrected chi connectivity index (χ0v) is 12.6. The average Bonchev–Trinajstić information content (AvgIpc) is 2.31. The van der Waals surface area contributed by atoms with Crippen molar-refractivity contribution in [3.8, 4) is 0 Å². The lowest BCUT2D eigenvalue weighted by Gasteiger charge is -2.26. The number of amides is 1. The number of halogens is 1. The van der Waals surface area contributed by atoms with E-state index in [1.165, 1.54) is 6.07 Å². The maximum Gasteiger partial charge on any atom is 0.303 e. The predicted octanol–water partition coefficient (Wildman–Crippen LogP) is 2.76. The van der Waals surface area contributed by atoms with E-state index in [9.17, 15) is 9.59 Å². The molecule has 0 aromatic carbocycles. The number of hydrogen-bond donors (Lipinski definition) is 1. The molecule has 1 aromatic heterocycles. The lowest BCUT2D eigenvalue weighted by molar-refractivity contribution is -0.137. The third-order valence-electron chi connectivity index (χ3n) is 2.84. The Morgan fingerprint density at radius 3 is 2.55 bits per heavy atom. The first kappa shape index (κ1) is 16.4. The molecule has 20 heavy (non-hydrogen) atoms.